The van der Waals surface area contributed by atoms with E-state index in [9.17, 15) is 67.7 Å². The van der Waals surface area contributed by atoms with Gasteiger partial charge in [-0.15, -0.1) is 0 Å². The molecular formula is C74H104O34. The molecule has 0 radical (unpaired) electrons. The third-order valence-electron chi connectivity index (χ3n) is 14.4. The van der Waals surface area contributed by atoms with Crippen LogP contribution in [0.3, 0.4) is 0 Å². The molecule has 5 atom stereocenters. The molecule has 3 saturated heterocycles. The number of benzene rings is 3. The van der Waals surface area contributed by atoms with Crippen LogP contribution in [-0.2, 0) is 139 Å². The van der Waals surface area contributed by atoms with Gasteiger partial charge in [0.05, 0.1) is 52.9 Å². The maximum Gasteiger partial charge on any atom is 0.508 e. The van der Waals surface area contributed by atoms with E-state index in [1.165, 1.54) is 40.2 Å². The van der Waals surface area contributed by atoms with Crippen LogP contribution in [-0.4, -0.2) is 220 Å². The number of esters is 6. The number of carbonyl (C=O) groups excluding carboxylic acids is 12. The van der Waals surface area contributed by atoms with Crippen LogP contribution < -0.4 is 0 Å². The highest BCUT2D eigenvalue weighted by Gasteiger charge is 2.45. The fraction of sp³-hybridized carbons (Fsp3) is 0.568. The number of rotatable bonds is 33. The molecule has 0 aromatic heterocycles. The zero-order valence-electron chi connectivity index (χ0n) is 63.3. The summed E-state index contributed by atoms with van der Waals surface area (Å²) in [6, 6.07) is 27.3. The largest absolute Gasteiger partial charge is 0.508 e. The van der Waals surface area contributed by atoms with Gasteiger partial charge in [-0.3, -0.25) is 28.8 Å². The van der Waals surface area contributed by atoms with E-state index in [2.05, 4.69) is 39.4 Å². The Morgan fingerprint density at radius 3 is 0.972 bits per heavy atom. The van der Waals surface area contributed by atoms with Crippen LogP contribution in [0, 0.1) is 32.5 Å². The molecule has 604 valence electrons. The molecule has 0 aliphatic carbocycles. The van der Waals surface area contributed by atoms with E-state index in [4.69, 9.17) is 76.2 Å². The standard InChI is InChI=1S/C24H32O12.C24H32O11.2C8H12O5.C7H8O.C3H8/c1-4-30-20(27)24(3,15-35-21(28)33-10-17-8-6-5-7-9-17)16-36-22(29)34-14-23(2,13-25)19(26)32-12-18-11-31-18;1-5-12-31-19(26)23(3,14-25)15-33-22(29)35-17-24(4,20(27)30-6-2)16-34-21(28)32-13-18-10-8-7-9-11-18;2*1-3-11-6(9)8(2)4-12-7(10)13-5-8;8-6-7-4-2-1-3-5-7;1-3-2/h5-9,18,25H,4,10-16H2,1-3H3;5,7-11,25H,1,6,12-17H2,2-4H3;2*3-5H2,1-2H3;1-5,8H,6H2;3H2,1-2H3. The summed E-state index contributed by atoms with van der Waals surface area (Å²) >= 11 is 0. The molecule has 3 aliphatic heterocycles. The Balaban J connectivity index is 0.000000738. The Labute approximate surface area is 627 Å². The molecule has 0 spiro atoms. The quantitative estimate of drug-likeness (QED) is 0.0222. The summed E-state index contributed by atoms with van der Waals surface area (Å²) in [7, 11) is 0. The summed E-state index contributed by atoms with van der Waals surface area (Å²) in [5, 5.41) is 27.6. The second kappa shape index (κ2) is 51.0. The minimum atomic E-state index is -1.57. The van der Waals surface area contributed by atoms with Gasteiger partial charge in [-0.25, -0.2) is 28.8 Å². The zero-order valence-corrected chi connectivity index (χ0v) is 63.3. The summed E-state index contributed by atoms with van der Waals surface area (Å²) in [5.74, 6) is -3.93. The van der Waals surface area contributed by atoms with Crippen LogP contribution in [0.1, 0.15) is 106 Å². The van der Waals surface area contributed by atoms with Gasteiger partial charge in [-0.1, -0.05) is 124 Å². The van der Waals surface area contributed by atoms with Crippen molar-refractivity contribution in [1.29, 1.82) is 0 Å². The second-order valence-electron chi connectivity index (χ2n) is 25.3. The van der Waals surface area contributed by atoms with Gasteiger partial charge in [0.1, 0.15) is 131 Å². The molecule has 34 nitrogen and oxygen atoms in total. The summed E-state index contributed by atoms with van der Waals surface area (Å²) < 4.78 is 92.9. The molecule has 3 fully saturated rings. The van der Waals surface area contributed by atoms with E-state index in [1.807, 2.05) is 42.5 Å². The molecule has 6 rings (SSSR count). The molecule has 0 amide bonds. The zero-order chi connectivity index (χ0) is 81.2. The van der Waals surface area contributed by atoms with E-state index >= 15 is 0 Å². The highest BCUT2D eigenvalue weighted by Crippen LogP contribution is 2.28. The van der Waals surface area contributed by atoms with E-state index in [-0.39, 0.29) is 78.8 Å². The molecule has 3 aromatic rings. The predicted octanol–water partition coefficient (Wildman–Crippen LogP) is 8.83. The monoisotopic (exact) mass is 1540 g/mol. The first kappa shape index (κ1) is 95.7. The highest BCUT2D eigenvalue weighted by molar-refractivity contribution is 5.81. The molecule has 0 bridgehead atoms. The van der Waals surface area contributed by atoms with E-state index < -0.39 is 158 Å². The van der Waals surface area contributed by atoms with Crippen molar-refractivity contribution in [2.75, 3.05) is 126 Å². The number of carbonyl (C=O) groups is 12. The Kier molecular flexibility index (Phi) is 45.2. The fourth-order valence-corrected chi connectivity index (χ4v) is 7.46. The number of epoxide rings is 1. The first-order valence-electron chi connectivity index (χ1n) is 34.2. The van der Waals surface area contributed by atoms with Crippen molar-refractivity contribution in [2.45, 2.75) is 115 Å². The van der Waals surface area contributed by atoms with E-state index in [0.717, 1.165) is 16.7 Å². The van der Waals surface area contributed by atoms with Gasteiger partial charge >= 0.3 is 72.7 Å². The van der Waals surface area contributed by atoms with E-state index in [0.29, 0.717) is 19.8 Å². The number of cyclic esters (lactones) is 4. The molecule has 3 aliphatic rings. The van der Waals surface area contributed by atoms with Gasteiger partial charge in [0, 0.05) is 0 Å². The molecule has 108 heavy (non-hydrogen) atoms. The topological polar surface area (TPSA) is 444 Å². The van der Waals surface area contributed by atoms with Crippen molar-refractivity contribution in [1.82, 2.24) is 0 Å². The fourth-order valence-electron chi connectivity index (χ4n) is 7.46. The summed E-state index contributed by atoms with van der Waals surface area (Å²) in [5.41, 5.74) is -5.45. The highest BCUT2D eigenvalue weighted by atomic mass is 16.8. The minimum absolute atomic E-state index is 0.0185. The van der Waals surface area contributed by atoms with Crippen LogP contribution >= 0.6 is 0 Å². The van der Waals surface area contributed by atoms with Crippen molar-refractivity contribution < 1.29 is 163 Å². The van der Waals surface area contributed by atoms with Crippen molar-refractivity contribution >= 4 is 72.7 Å². The average Bonchev–Trinajstić information content (AvgIpc) is 1.61. The molecule has 3 heterocycles. The van der Waals surface area contributed by atoms with Crippen molar-refractivity contribution in [2.24, 2.45) is 32.5 Å². The lowest BCUT2D eigenvalue weighted by Gasteiger charge is -2.29. The molecule has 3 aromatic carbocycles. The third-order valence-corrected chi connectivity index (χ3v) is 14.4. The molecule has 0 saturated carbocycles. The van der Waals surface area contributed by atoms with Crippen LogP contribution in [0.25, 0.3) is 0 Å². The van der Waals surface area contributed by atoms with E-state index in [1.54, 1.807) is 90.1 Å². The average molecular weight is 1540 g/mol. The maximum atomic E-state index is 12.5. The summed E-state index contributed by atoms with van der Waals surface area (Å²) in [6.45, 7) is 19.8. The number of ether oxygens (including phenoxy) is 19. The lowest BCUT2D eigenvalue weighted by molar-refractivity contribution is -0.166. The van der Waals surface area contributed by atoms with Gasteiger partial charge in [-0.2, -0.15) is 0 Å². The van der Waals surface area contributed by atoms with Crippen LogP contribution in [0.15, 0.2) is 104 Å². The Morgan fingerprint density at radius 2 is 0.704 bits per heavy atom. The maximum absolute atomic E-state index is 12.5. The molecule has 5 unspecified atom stereocenters. The van der Waals surface area contributed by atoms with Crippen molar-refractivity contribution in [3.05, 3.63) is 120 Å². The van der Waals surface area contributed by atoms with Crippen LogP contribution in [0.4, 0.5) is 28.8 Å². The molecule has 34 heteroatoms. The van der Waals surface area contributed by atoms with Gasteiger partial charge in [0.25, 0.3) is 0 Å². The predicted molar refractivity (Wildman–Crippen MR) is 374 cm³/mol. The lowest BCUT2D eigenvalue weighted by Crippen LogP contribution is -2.44. The van der Waals surface area contributed by atoms with Crippen LogP contribution in [0.5, 0.6) is 0 Å². The number of hydrogen-bond donors (Lipinski definition) is 3. The third kappa shape index (κ3) is 37.3. The Bertz CT molecular complexity index is 3170. The number of aliphatic hydroxyl groups excluding tert-OH is 3. The minimum Gasteiger partial charge on any atom is -0.465 e. The normalized spacial score (nSPS) is 16.0. The smallest absolute Gasteiger partial charge is 0.465 e. The Morgan fingerprint density at radius 1 is 0.426 bits per heavy atom. The SMILES string of the molecule is C=CCOC(=O)C(C)(CO)COC(=O)OCC(C)(COC(=O)OCc1ccccc1)C(=O)OCC.CCC.CCOC(=O)C(C)(COC(=O)OCc1ccccc1)COC(=O)OCC(C)(CO)C(=O)OCC1CO1.CCOC(=O)C1(C)COC(=O)OC1.CCOC(=O)C1(C)COC(=O)OC1.OCc1ccccc1. The van der Waals surface area contributed by atoms with Crippen LogP contribution in [0.2, 0.25) is 0 Å². The van der Waals surface area contributed by atoms with Gasteiger partial charge in [-0.05, 0) is 85.9 Å². The number of aliphatic hydroxyl groups is 3. The van der Waals surface area contributed by atoms with Gasteiger partial charge in [0.15, 0.2) is 0 Å². The Hall–Kier alpha value is -10.3. The molecule has 3 N–H and O–H groups in total. The van der Waals surface area contributed by atoms with Crippen molar-refractivity contribution in [3.8, 4) is 0 Å². The lowest BCUT2D eigenvalue weighted by atomic mass is 9.93. The summed E-state index contributed by atoms with van der Waals surface area (Å²) in [4.78, 5) is 141. The second-order valence-corrected chi connectivity index (χ2v) is 25.3. The summed E-state index contributed by atoms with van der Waals surface area (Å²) in [6.07, 6.45) is -3.52. The van der Waals surface area contributed by atoms with Crippen molar-refractivity contribution in [3.63, 3.8) is 0 Å². The van der Waals surface area contributed by atoms with Gasteiger partial charge < -0.3 is 105 Å². The van der Waals surface area contributed by atoms with Gasteiger partial charge in [0.2, 0.25) is 0 Å². The number of hydrogen-bond acceptors (Lipinski definition) is 34. The first-order valence-corrected chi connectivity index (χ1v) is 34.2. The molecular weight excluding hydrogens is 1430 g/mol. The first-order chi connectivity index (χ1) is 51.2.